The van der Waals surface area contributed by atoms with Crippen LogP contribution in [0.3, 0.4) is 0 Å². The lowest BCUT2D eigenvalue weighted by atomic mass is 9.92. The number of ether oxygens (including phenoxy) is 2. The number of carbonyl (C=O) groups excluding carboxylic acids is 2. The molecular formula is C22H30O4. The molecule has 2 atom stereocenters. The first kappa shape index (κ1) is 21.7. The second kappa shape index (κ2) is 10.6. The molecule has 0 amide bonds. The predicted octanol–water partition coefficient (Wildman–Crippen LogP) is 5.19. The first-order valence-corrected chi connectivity index (χ1v) is 9.06. The van der Waals surface area contributed by atoms with Crippen LogP contribution in [0.25, 0.3) is 0 Å². The van der Waals surface area contributed by atoms with Crippen LogP contribution in [0.2, 0.25) is 0 Å². The smallest absolute Gasteiger partial charge is 0.315 e. The Morgan fingerprint density at radius 2 is 1.19 bits per heavy atom. The fourth-order valence-corrected chi connectivity index (χ4v) is 2.63. The zero-order valence-electron chi connectivity index (χ0n) is 16.2. The third-order valence-corrected chi connectivity index (χ3v) is 4.33. The molecule has 0 aliphatic rings. The number of allylic oxidation sites excluding steroid dienone is 2. The quantitative estimate of drug-likeness (QED) is 0.328. The first-order chi connectivity index (χ1) is 12.3. The molecule has 0 N–H and O–H groups in total. The zero-order valence-corrected chi connectivity index (χ0v) is 16.2. The van der Waals surface area contributed by atoms with Crippen molar-refractivity contribution in [3.8, 4) is 11.5 Å². The maximum absolute atomic E-state index is 12.5. The van der Waals surface area contributed by atoms with Gasteiger partial charge in [-0.1, -0.05) is 52.0 Å². The SMILES string of the molecule is C=CC[C@H](C(=O)Oc1ccccc1OC(=O)[C@@H](CC=C)C(C)C)C(C)C. The number of benzene rings is 1. The van der Waals surface area contributed by atoms with Crippen LogP contribution in [0.15, 0.2) is 49.6 Å². The summed E-state index contributed by atoms with van der Waals surface area (Å²) in [5.41, 5.74) is 0. The van der Waals surface area contributed by atoms with Crippen LogP contribution < -0.4 is 9.47 Å². The number of esters is 2. The number of rotatable bonds is 10. The van der Waals surface area contributed by atoms with E-state index in [1.165, 1.54) is 0 Å². The van der Waals surface area contributed by atoms with E-state index in [0.29, 0.717) is 12.8 Å². The molecule has 4 heteroatoms. The summed E-state index contributed by atoms with van der Waals surface area (Å²) in [6.45, 7) is 15.2. The van der Waals surface area contributed by atoms with Crippen LogP contribution in [0.1, 0.15) is 40.5 Å². The van der Waals surface area contributed by atoms with Crippen molar-refractivity contribution in [2.75, 3.05) is 0 Å². The largest absolute Gasteiger partial charge is 0.422 e. The Bertz CT molecular complexity index is 576. The van der Waals surface area contributed by atoms with Gasteiger partial charge in [0.15, 0.2) is 11.5 Å². The van der Waals surface area contributed by atoms with Gasteiger partial charge in [0.2, 0.25) is 0 Å². The normalized spacial score (nSPS) is 13.2. The maximum Gasteiger partial charge on any atom is 0.315 e. The van der Waals surface area contributed by atoms with Crippen molar-refractivity contribution in [2.45, 2.75) is 40.5 Å². The average molecular weight is 358 g/mol. The second-order valence-electron chi connectivity index (χ2n) is 7.04. The molecule has 0 saturated carbocycles. The fourth-order valence-electron chi connectivity index (χ4n) is 2.63. The highest BCUT2D eigenvalue weighted by Crippen LogP contribution is 2.30. The summed E-state index contributed by atoms with van der Waals surface area (Å²) in [4.78, 5) is 25.0. The van der Waals surface area contributed by atoms with Crippen LogP contribution in [-0.4, -0.2) is 11.9 Å². The molecule has 0 radical (unpaired) electrons. The maximum atomic E-state index is 12.5. The Kier molecular flexibility index (Phi) is 8.83. The predicted molar refractivity (Wildman–Crippen MR) is 104 cm³/mol. The van der Waals surface area contributed by atoms with E-state index in [1.807, 2.05) is 27.7 Å². The molecule has 0 aromatic heterocycles. The molecule has 1 aromatic rings. The number of hydrogen-bond donors (Lipinski definition) is 0. The molecule has 1 aromatic carbocycles. The Hall–Kier alpha value is -2.36. The highest BCUT2D eigenvalue weighted by atomic mass is 16.6. The minimum atomic E-state index is -0.352. The van der Waals surface area contributed by atoms with E-state index < -0.39 is 0 Å². The van der Waals surface area contributed by atoms with Gasteiger partial charge in [-0.2, -0.15) is 0 Å². The van der Waals surface area contributed by atoms with Crippen molar-refractivity contribution in [3.63, 3.8) is 0 Å². The van der Waals surface area contributed by atoms with E-state index in [4.69, 9.17) is 9.47 Å². The molecule has 26 heavy (non-hydrogen) atoms. The lowest BCUT2D eigenvalue weighted by Gasteiger charge is -2.20. The summed E-state index contributed by atoms with van der Waals surface area (Å²) < 4.78 is 11.1. The van der Waals surface area contributed by atoms with Crippen molar-refractivity contribution in [1.29, 1.82) is 0 Å². The van der Waals surface area contributed by atoms with E-state index in [9.17, 15) is 9.59 Å². The minimum absolute atomic E-state index is 0.119. The summed E-state index contributed by atoms with van der Waals surface area (Å²) in [5.74, 6) is -0.546. The van der Waals surface area contributed by atoms with Crippen molar-refractivity contribution in [2.24, 2.45) is 23.7 Å². The first-order valence-electron chi connectivity index (χ1n) is 9.06. The van der Waals surface area contributed by atoms with Crippen molar-refractivity contribution < 1.29 is 19.1 Å². The Morgan fingerprint density at radius 3 is 1.46 bits per heavy atom. The summed E-state index contributed by atoms with van der Waals surface area (Å²) in [6.07, 6.45) is 4.49. The summed E-state index contributed by atoms with van der Waals surface area (Å²) in [7, 11) is 0. The Labute approximate surface area is 156 Å². The molecule has 0 heterocycles. The third kappa shape index (κ3) is 6.17. The number of hydrogen-bond acceptors (Lipinski definition) is 4. The van der Waals surface area contributed by atoms with Gasteiger partial charge in [-0.3, -0.25) is 9.59 Å². The van der Waals surface area contributed by atoms with Gasteiger partial charge in [0, 0.05) is 0 Å². The number of carbonyl (C=O) groups is 2. The van der Waals surface area contributed by atoms with Gasteiger partial charge >= 0.3 is 11.9 Å². The summed E-state index contributed by atoms with van der Waals surface area (Å²) in [5, 5.41) is 0. The van der Waals surface area contributed by atoms with E-state index in [1.54, 1.807) is 36.4 Å². The van der Waals surface area contributed by atoms with E-state index in [-0.39, 0.29) is 47.1 Å². The second-order valence-corrected chi connectivity index (χ2v) is 7.04. The van der Waals surface area contributed by atoms with Crippen LogP contribution in [0.5, 0.6) is 11.5 Å². The molecule has 0 unspecified atom stereocenters. The fraction of sp³-hybridized carbons (Fsp3) is 0.455. The molecule has 0 aliphatic heterocycles. The van der Waals surface area contributed by atoms with Crippen molar-refractivity contribution in [3.05, 3.63) is 49.6 Å². The molecule has 0 fully saturated rings. The van der Waals surface area contributed by atoms with Gasteiger partial charge in [0.1, 0.15) is 0 Å². The average Bonchev–Trinajstić information content (AvgIpc) is 2.58. The van der Waals surface area contributed by atoms with Crippen molar-refractivity contribution in [1.82, 2.24) is 0 Å². The van der Waals surface area contributed by atoms with Gasteiger partial charge in [-0.05, 0) is 36.8 Å². The molecule has 0 spiro atoms. The monoisotopic (exact) mass is 358 g/mol. The van der Waals surface area contributed by atoms with Gasteiger partial charge in [-0.25, -0.2) is 0 Å². The highest BCUT2D eigenvalue weighted by Gasteiger charge is 2.26. The van der Waals surface area contributed by atoms with Crippen molar-refractivity contribution >= 4 is 11.9 Å². The van der Waals surface area contributed by atoms with Gasteiger partial charge in [0.05, 0.1) is 11.8 Å². The molecule has 142 valence electrons. The molecule has 0 saturated heterocycles. The van der Waals surface area contributed by atoms with Gasteiger partial charge in [0.25, 0.3) is 0 Å². The topological polar surface area (TPSA) is 52.6 Å². The molecule has 0 bridgehead atoms. The highest BCUT2D eigenvalue weighted by molar-refractivity contribution is 5.79. The number of para-hydroxylation sites is 2. The van der Waals surface area contributed by atoms with Gasteiger partial charge < -0.3 is 9.47 Å². The minimum Gasteiger partial charge on any atom is -0.422 e. The van der Waals surface area contributed by atoms with Crippen LogP contribution >= 0.6 is 0 Å². The van der Waals surface area contributed by atoms with E-state index >= 15 is 0 Å². The standard InChI is InChI=1S/C22H30O4/c1-7-11-17(15(3)4)21(23)25-19-13-9-10-14-20(19)26-22(24)18(12-8-2)16(5)6/h7-10,13-18H,1-2,11-12H2,3-6H3/t17-,18-/m0/s1. The molecule has 0 aliphatic carbocycles. The van der Waals surface area contributed by atoms with E-state index in [0.717, 1.165) is 0 Å². The molecule has 1 rings (SSSR count). The van der Waals surface area contributed by atoms with Crippen LogP contribution in [-0.2, 0) is 9.59 Å². The van der Waals surface area contributed by atoms with Crippen LogP contribution in [0.4, 0.5) is 0 Å². The third-order valence-electron chi connectivity index (χ3n) is 4.33. The zero-order chi connectivity index (χ0) is 19.7. The lowest BCUT2D eigenvalue weighted by molar-refractivity contribution is -0.143. The Morgan fingerprint density at radius 1 is 0.846 bits per heavy atom. The van der Waals surface area contributed by atoms with Crippen LogP contribution in [0, 0.1) is 23.7 Å². The Balaban J connectivity index is 2.97. The lowest BCUT2D eigenvalue weighted by Crippen LogP contribution is -2.26. The summed E-state index contributed by atoms with van der Waals surface area (Å²) in [6, 6.07) is 6.73. The van der Waals surface area contributed by atoms with E-state index in [2.05, 4.69) is 13.2 Å². The van der Waals surface area contributed by atoms with Gasteiger partial charge in [-0.15, -0.1) is 13.2 Å². The summed E-state index contributed by atoms with van der Waals surface area (Å²) >= 11 is 0. The molecular weight excluding hydrogens is 328 g/mol. The molecule has 4 nitrogen and oxygen atoms in total.